The topological polar surface area (TPSA) is 93.7 Å². The van der Waals surface area contributed by atoms with E-state index in [0.29, 0.717) is 41.7 Å². The van der Waals surface area contributed by atoms with E-state index in [4.69, 9.17) is 9.47 Å². The number of hydrogen-bond donors (Lipinski definition) is 2. The second-order valence-corrected chi connectivity index (χ2v) is 8.43. The molecule has 0 aromatic heterocycles. The average Bonchev–Trinajstić information content (AvgIpc) is 2.83. The normalized spacial score (nSPS) is 17.4. The molecule has 26 heavy (non-hydrogen) atoms. The fraction of sp³-hybridized carbons (Fsp3) is 0.278. The smallest absolute Gasteiger partial charge is 0.261 e. The number of amides is 1. The van der Waals surface area contributed by atoms with Crippen LogP contribution in [0.2, 0.25) is 0 Å². The number of carbonyl (C=O) groups excluding carboxylic acids is 1. The van der Waals surface area contributed by atoms with Crippen LogP contribution in [-0.4, -0.2) is 27.5 Å². The molecule has 0 aliphatic carbocycles. The fourth-order valence-corrected chi connectivity index (χ4v) is 4.11. The van der Waals surface area contributed by atoms with Crippen LogP contribution in [0.25, 0.3) is 0 Å². The lowest BCUT2D eigenvalue weighted by Gasteiger charge is -2.19. The summed E-state index contributed by atoms with van der Waals surface area (Å²) in [4.78, 5) is 12.1. The third-order valence-corrected chi connectivity index (χ3v) is 5.96. The van der Waals surface area contributed by atoms with Crippen molar-refractivity contribution >= 4 is 27.3 Å². The van der Waals surface area contributed by atoms with E-state index >= 15 is 0 Å². The molecule has 0 saturated carbocycles. The Morgan fingerprint density at radius 3 is 2.54 bits per heavy atom. The van der Waals surface area contributed by atoms with Crippen LogP contribution in [0.4, 0.5) is 11.4 Å². The lowest BCUT2D eigenvalue weighted by molar-refractivity contribution is -0.119. The zero-order valence-corrected chi connectivity index (χ0v) is 15.1. The summed E-state index contributed by atoms with van der Waals surface area (Å²) in [5.74, 6) is 0.936. The minimum absolute atomic E-state index is 0.0933. The molecule has 2 heterocycles. The van der Waals surface area contributed by atoms with Gasteiger partial charge < -0.3 is 14.8 Å². The second-order valence-electron chi connectivity index (χ2n) is 6.75. The Morgan fingerprint density at radius 1 is 1.04 bits per heavy atom. The monoisotopic (exact) mass is 374 g/mol. The number of sulfonamides is 1. The van der Waals surface area contributed by atoms with Crippen molar-refractivity contribution in [2.45, 2.75) is 24.2 Å². The van der Waals surface area contributed by atoms with Gasteiger partial charge in [0.1, 0.15) is 13.2 Å². The third-order valence-electron chi connectivity index (χ3n) is 4.58. The molecule has 0 bridgehead atoms. The maximum Gasteiger partial charge on any atom is 0.261 e. The van der Waals surface area contributed by atoms with Gasteiger partial charge in [-0.1, -0.05) is 0 Å². The lowest BCUT2D eigenvalue weighted by atomic mass is 9.86. The minimum atomic E-state index is -3.81. The van der Waals surface area contributed by atoms with E-state index in [1.54, 1.807) is 38.1 Å². The van der Waals surface area contributed by atoms with Gasteiger partial charge in [-0.25, -0.2) is 8.42 Å². The first-order chi connectivity index (χ1) is 12.3. The number of fused-ring (bicyclic) bond motifs is 2. The Bertz CT molecular complexity index is 1010. The first-order valence-corrected chi connectivity index (χ1v) is 9.64. The number of hydrogen-bond acceptors (Lipinski definition) is 5. The Balaban J connectivity index is 1.66. The van der Waals surface area contributed by atoms with E-state index < -0.39 is 15.4 Å². The summed E-state index contributed by atoms with van der Waals surface area (Å²) in [6, 6.07) is 9.50. The molecule has 2 aromatic carbocycles. The molecular weight excluding hydrogens is 356 g/mol. The summed E-state index contributed by atoms with van der Waals surface area (Å²) in [6.45, 7) is 4.41. The molecule has 0 fully saturated rings. The van der Waals surface area contributed by atoms with Crippen LogP contribution in [0.3, 0.4) is 0 Å². The first kappa shape index (κ1) is 16.7. The predicted octanol–water partition coefficient (Wildman–Crippen LogP) is 2.49. The standard InChI is InChI=1S/C18H18N2O5S/c1-18(2)13-10-12(4-5-14(13)19-17(18)21)26(22,23)20-11-3-6-15-16(9-11)25-8-7-24-15/h3-6,9-10,20H,7-8H2,1-2H3,(H,19,21). The second kappa shape index (κ2) is 5.63. The Hall–Kier alpha value is -2.74. The van der Waals surface area contributed by atoms with Crippen LogP contribution in [0.15, 0.2) is 41.3 Å². The van der Waals surface area contributed by atoms with E-state index in [2.05, 4.69) is 10.0 Å². The lowest BCUT2D eigenvalue weighted by Crippen LogP contribution is -2.27. The molecule has 2 N–H and O–H groups in total. The van der Waals surface area contributed by atoms with Crippen molar-refractivity contribution < 1.29 is 22.7 Å². The molecule has 4 rings (SSSR count). The van der Waals surface area contributed by atoms with Gasteiger partial charge in [0.2, 0.25) is 5.91 Å². The minimum Gasteiger partial charge on any atom is -0.486 e. The molecule has 0 unspecified atom stereocenters. The van der Waals surface area contributed by atoms with E-state index in [-0.39, 0.29) is 10.8 Å². The van der Waals surface area contributed by atoms with Crippen LogP contribution in [-0.2, 0) is 20.2 Å². The van der Waals surface area contributed by atoms with Gasteiger partial charge in [0, 0.05) is 11.8 Å². The maximum absolute atomic E-state index is 12.8. The highest BCUT2D eigenvalue weighted by atomic mass is 32.2. The number of carbonyl (C=O) groups is 1. The van der Waals surface area contributed by atoms with Gasteiger partial charge in [-0.3, -0.25) is 9.52 Å². The Morgan fingerprint density at radius 2 is 1.77 bits per heavy atom. The van der Waals surface area contributed by atoms with Crippen LogP contribution >= 0.6 is 0 Å². The van der Waals surface area contributed by atoms with E-state index in [1.165, 1.54) is 12.1 Å². The fourth-order valence-electron chi connectivity index (χ4n) is 3.04. The number of rotatable bonds is 3. The number of nitrogens with one attached hydrogen (secondary N) is 2. The van der Waals surface area contributed by atoms with Gasteiger partial charge in [0.25, 0.3) is 10.0 Å². The molecule has 8 heteroatoms. The summed E-state index contributed by atoms with van der Waals surface area (Å²) in [7, 11) is -3.81. The third kappa shape index (κ3) is 2.66. The summed E-state index contributed by atoms with van der Waals surface area (Å²) in [5.41, 5.74) is 0.895. The SMILES string of the molecule is CC1(C)C(=O)Nc2ccc(S(=O)(=O)Nc3ccc4c(c3)OCCO4)cc21. The number of benzene rings is 2. The maximum atomic E-state index is 12.8. The van der Waals surface area contributed by atoms with Crippen LogP contribution < -0.4 is 19.5 Å². The van der Waals surface area contributed by atoms with Crippen molar-refractivity contribution in [2.75, 3.05) is 23.3 Å². The van der Waals surface area contributed by atoms with E-state index in [1.807, 2.05) is 0 Å². The van der Waals surface area contributed by atoms with Crippen molar-refractivity contribution in [1.29, 1.82) is 0 Å². The molecule has 1 amide bonds. The number of anilines is 2. The van der Waals surface area contributed by atoms with Gasteiger partial charge in [-0.2, -0.15) is 0 Å². The molecular formula is C18H18N2O5S. The van der Waals surface area contributed by atoms with Crippen LogP contribution in [0.5, 0.6) is 11.5 Å². The quantitative estimate of drug-likeness (QED) is 0.861. The highest BCUT2D eigenvalue weighted by Gasteiger charge is 2.39. The van der Waals surface area contributed by atoms with Gasteiger partial charge in [0.15, 0.2) is 11.5 Å². The van der Waals surface area contributed by atoms with Gasteiger partial charge in [-0.05, 0) is 49.7 Å². The van der Waals surface area contributed by atoms with Crippen LogP contribution in [0.1, 0.15) is 19.4 Å². The zero-order chi connectivity index (χ0) is 18.5. The Kier molecular flexibility index (Phi) is 3.62. The summed E-state index contributed by atoms with van der Waals surface area (Å²) < 4.78 is 39.0. The first-order valence-electron chi connectivity index (χ1n) is 8.16. The molecule has 0 radical (unpaired) electrons. The van der Waals surface area contributed by atoms with Crippen LogP contribution in [0, 0.1) is 0 Å². The predicted molar refractivity (Wildman–Crippen MR) is 96.3 cm³/mol. The summed E-state index contributed by atoms with van der Waals surface area (Å²) in [6.07, 6.45) is 0. The number of ether oxygens (including phenoxy) is 2. The molecule has 0 atom stereocenters. The van der Waals surface area contributed by atoms with Gasteiger partial charge in [0.05, 0.1) is 16.0 Å². The van der Waals surface area contributed by atoms with E-state index in [0.717, 1.165) is 0 Å². The van der Waals surface area contributed by atoms with Crippen molar-refractivity contribution in [3.05, 3.63) is 42.0 Å². The highest BCUT2D eigenvalue weighted by Crippen LogP contribution is 2.39. The summed E-state index contributed by atoms with van der Waals surface area (Å²) in [5, 5.41) is 2.77. The van der Waals surface area contributed by atoms with Crippen molar-refractivity contribution in [2.24, 2.45) is 0 Å². The molecule has 0 saturated heterocycles. The summed E-state index contributed by atoms with van der Waals surface area (Å²) >= 11 is 0. The molecule has 2 aliphatic rings. The molecule has 2 aromatic rings. The largest absolute Gasteiger partial charge is 0.486 e. The molecule has 7 nitrogen and oxygen atoms in total. The molecule has 2 aliphatic heterocycles. The average molecular weight is 374 g/mol. The van der Waals surface area contributed by atoms with Gasteiger partial charge in [-0.15, -0.1) is 0 Å². The van der Waals surface area contributed by atoms with Crippen molar-refractivity contribution in [3.63, 3.8) is 0 Å². The van der Waals surface area contributed by atoms with Crippen molar-refractivity contribution in [3.8, 4) is 11.5 Å². The highest BCUT2D eigenvalue weighted by molar-refractivity contribution is 7.92. The van der Waals surface area contributed by atoms with Crippen molar-refractivity contribution in [1.82, 2.24) is 0 Å². The zero-order valence-electron chi connectivity index (χ0n) is 14.3. The Labute approximate surface area is 151 Å². The van der Waals surface area contributed by atoms with Gasteiger partial charge >= 0.3 is 0 Å². The molecule has 0 spiro atoms. The molecule has 136 valence electrons. The van der Waals surface area contributed by atoms with E-state index in [9.17, 15) is 13.2 Å².